The van der Waals surface area contributed by atoms with E-state index in [2.05, 4.69) is 38.2 Å². The summed E-state index contributed by atoms with van der Waals surface area (Å²) in [5.41, 5.74) is 4.76. The minimum atomic E-state index is -0.946. The minimum Gasteiger partial charge on any atom is -0.486 e. The first-order valence-electron chi connectivity index (χ1n) is 13.6. The fourth-order valence-corrected chi connectivity index (χ4v) is 5.17. The van der Waals surface area contributed by atoms with Gasteiger partial charge >= 0.3 is 5.97 Å². The third-order valence-corrected chi connectivity index (χ3v) is 7.15. The molecule has 0 saturated heterocycles. The van der Waals surface area contributed by atoms with Crippen LogP contribution in [0.1, 0.15) is 98.4 Å². The highest BCUT2D eigenvalue weighted by Gasteiger charge is 2.27. The second kappa shape index (κ2) is 13.9. The van der Waals surface area contributed by atoms with Crippen LogP contribution in [-0.4, -0.2) is 23.5 Å². The van der Waals surface area contributed by atoms with Gasteiger partial charge in [0.2, 0.25) is 0 Å². The lowest BCUT2D eigenvalue weighted by atomic mass is 9.77. The molecule has 1 aliphatic rings. The van der Waals surface area contributed by atoms with Crippen molar-refractivity contribution in [2.24, 2.45) is 5.92 Å². The number of benzene rings is 2. The highest BCUT2D eigenvalue weighted by atomic mass is 19.1. The molecule has 0 radical (unpaired) electrons. The van der Waals surface area contributed by atoms with E-state index in [1.807, 2.05) is 25.1 Å². The number of carboxylic acids is 1. The van der Waals surface area contributed by atoms with Gasteiger partial charge in [-0.2, -0.15) is 0 Å². The lowest BCUT2D eigenvalue weighted by Crippen LogP contribution is -2.26. The molecule has 38 heavy (non-hydrogen) atoms. The molecule has 0 heterocycles. The van der Waals surface area contributed by atoms with Crippen LogP contribution in [0.3, 0.4) is 0 Å². The summed E-state index contributed by atoms with van der Waals surface area (Å²) in [6.07, 6.45) is 9.37. The van der Waals surface area contributed by atoms with E-state index in [1.54, 1.807) is 18.2 Å². The van der Waals surface area contributed by atoms with Gasteiger partial charge in [0.15, 0.2) is 0 Å². The lowest BCUT2D eigenvalue weighted by Gasteiger charge is -2.31. The molecule has 2 aromatic carbocycles. The molecule has 3 rings (SSSR count). The Morgan fingerprint density at radius 2 is 1.82 bits per heavy atom. The van der Waals surface area contributed by atoms with Crippen LogP contribution >= 0.6 is 0 Å². The van der Waals surface area contributed by atoms with Crippen molar-refractivity contribution in [3.05, 3.63) is 94.0 Å². The van der Waals surface area contributed by atoms with Gasteiger partial charge in [-0.25, -0.2) is 4.39 Å². The van der Waals surface area contributed by atoms with Crippen LogP contribution in [0.5, 0.6) is 0 Å². The maximum absolute atomic E-state index is 13.7. The molecule has 204 valence electrons. The number of rotatable bonds is 13. The predicted octanol–water partition coefficient (Wildman–Crippen LogP) is 7.63. The zero-order valence-corrected chi connectivity index (χ0v) is 22.9. The van der Waals surface area contributed by atoms with Crippen molar-refractivity contribution in [1.82, 2.24) is 5.32 Å². The molecule has 1 amide bonds. The van der Waals surface area contributed by atoms with Gasteiger partial charge in [-0.3, -0.25) is 9.59 Å². The summed E-state index contributed by atoms with van der Waals surface area (Å²) in [5.74, 6) is -0.254. The minimum absolute atomic E-state index is 0.0928. The molecule has 0 aromatic heterocycles. The predicted molar refractivity (Wildman–Crippen MR) is 148 cm³/mol. The van der Waals surface area contributed by atoms with E-state index < -0.39 is 5.97 Å². The summed E-state index contributed by atoms with van der Waals surface area (Å²) in [4.78, 5) is 23.1. The molecule has 3 atom stereocenters. The molecule has 0 spiro atoms. The number of amides is 1. The number of carbonyl (C=O) groups is 2. The Balaban J connectivity index is 1.75. The first-order valence-corrected chi connectivity index (χ1v) is 13.6. The molecule has 6 heteroatoms. The number of unbranched alkanes of at least 4 members (excludes halogenated alkanes) is 3. The number of aryl methyl sites for hydroxylation is 1. The van der Waals surface area contributed by atoms with Crippen LogP contribution in [0.15, 0.2) is 65.9 Å². The van der Waals surface area contributed by atoms with E-state index >= 15 is 0 Å². The standard InChI is InChI=1S/C32H40FNO4/c1-5-6-7-8-9-29(24-10-12-25(13-11-24)32(37)34-17-16-30(35)36)38-27-19-22(3)31(23(4)20-27)28-15-14-26(33)18-21(28)2/h10-15,18-20,22,29,31H,5-9,16-17H2,1-4H3,(H,34,37)(H,35,36). The fraction of sp³-hybridized carbons (Fsp3) is 0.438. The number of hydrogen-bond acceptors (Lipinski definition) is 3. The summed E-state index contributed by atoms with van der Waals surface area (Å²) in [6.45, 7) is 8.51. The van der Waals surface area contributed by atoms with Crippen molar-refractivity contribution in [3.63, 3.8) is 0 Å². The Labute approximate surface area is 225 Å². The van der Waals surface area contributed by atoms with Crippen LogP contribution in [-0.2, 0) is 9.53 Å². The molecule has 1 aliphatic carbocycles. The molecule has 0 bridgehead atoms. The van der Waals surface area contributed by atoms with Gasteiger partial charge in [-0.05, 0) is 85.7 Å². The highest BCUT2D eigenvalue weighted by Crippen LogP contribution is 2.40. The molecular formula is C32H40FNO4. The van der Waals surface area contributed by atoms with E-state index in [9.17, 15) is 14.0 Å². The Morgan fingerprint density at radius 3 is 2.45 bits per heavy atom. The topological polar surface area (TPSA) is 75.6 Å². The lowest BCUT2D eigenvalue weighted by molar-refractivity contribution is -0.136. The second-order valence-corrected chi connectivity index (χ2v) is 10.3. The highest BCUT2D eigenvalue weighted by molar-refractivity contribution is 5.94. The average Bonchev–Trinajstić information content (AvgIpc) is 2.86. The average molecular weight is 522 g/mol. The van der Waals surface area contributed by atoms with Crippen molar-refractivity contribution in [2.45, 2.75) is 78.2 Å². The van der Waals surface area contributed by atoms with Gasteiger partial charge < -0.3 is 15.2 Å². The van der Waals surface area contributed by atoms with Crippen molar-refractivity contribution in [2.75, 3.05) is 6.54 Å². The molecule has 2 N–H and O–H groups in total. The van der Waals surface area contributed by atoms with Crippen molar-refractivity contribution >= 4 is 11.9 Å². The first-order chi connectivity index (χ1) is 18.2. The largest absolute Gasteiger partial charge is 0.486 e. The molecular weight excluding hydrogens is 481 g/mol. The number of carbonyl (C=O) groups excluding carboxylic acids is 1. The normalized spacial score (nSPS) is 17.8. The molecule has 0 aliphatic heterocycles. The SMILES string of the molecule is CCCCCCC(OC1=CC(C)C(c2ccc(F)cc2C)C(C)=C1)c1ccc(C(=O)NCCC(=O)O)cc1. The van der Waals surface area contributed by atoms with E-state index in [1.165, 1.54) is 18.1 Å². The maximum atomic E-state index is 13.7. The number of aliphatic carboxylic acids is 1. The van der Waals surface area contributed by atoms with Crippen molar-refractivity contribution in [1.29, 1.82) is 0 Å². The van der Waals surface area contributed by atoms with E-state index in [0.29, 0.717) is 5.56 Å². The summed E-state index contributed by atoms with van der Waals surface area (Å²) in [6, 6.07) is 12.4. The number of hydrogen-bond donors (Lipinski definition) is 2. The number of halogens is 1. The third-order valence-electron chi connectivity index (χ3n) is 7.15. The van der Waals surface area contributed by atoms with Gasteiger partial charge in [0.05, 0.1) is 6.42 Å². The summed E-state index contributed by atoms with van der Waals surface area (Å²) in [7, 11) is 0. The van der Waals surface area contributed by atoms with E-state index in [4.69, 9.17) is 9.84 Å². The van der Waals surface area contributed by atoms with Gasteiger partial charge in [0.1, 0.15) is 17.7 Å². The number of carboxylic acid groups (broad SMARTS) is 1. The Bertz CT molecular complexity index is 1170. The number of allylic oxidation sites excluding steroid dienone is 3. The fourth-order valence-electron chi connectivity index (χ4n) is 5.17. The van der Waals surface area contributed by atoms with E-state index in [0.717, 1.165) is 48.1 Å². The van der Waals surface area contributed by atoms with Crippen LogP contribution < -0.4 is 5.32 Å². The van der Waals surface area contributed by atoms with Gasteiger partial charge in [0.25, 0.3) is 5.91 Å². The monoisotopic (exact) mass is 521 g/mol. The van der Waals surface area contributed by atoms with Gasteiger partial charge in [-0.1, -0.05) is 56.9 Å². The quantitative estimate of drug-likeness (QED) is 0.266. The number of nitrogens with one attached hydrogen (secondary N) is 1. The van der Waals surface area contributed by atoms with Gasteiger partial charge in [-0.15, -0.1) is 0 Å². The molecule has 0 saturated carbocycles. The maximum Gasteiger partial charge on any atom is 0.305 e. The molecule has 3 unspecified atom stereocenters. The van der Waals surface area contributed by atoms with Crippen LogP contribution in [0.4, 0.5) is 4.39 Å². The molecule has 0 fully saturated rings. The van der Waals surface area contributed by atoms with Crippen LogP contribution in [0.2, 0.25) is 0 Å². The Kier molecular flexibility index (Phi) is 10.7. The first kappa shape index (κ1) is 29.2. The second-order valence-electron chi connectivity index (χ2n) is 10.3. The smallest absolute Gasteiger partial charge is 0.305 e. The summed E-state index contributed by atoms with van der Waals surface area (Å²) >= 11 is 0. The van der Waals surface area contributed by atoms with Crippen LogP contribution in [0.25, 0.3) is 0 Å². The summed E-state index contributed by atoms with van der Waals surface area (Å²) < 4.78 is 20.3. The van der Waals surface area contributed by atoms with Crippen molar-refractivity contribution < 1.29 is 23.8 Å². The van der Waals surface area contributed by atoms with E-state index in [-0.39, 0.29) is 42.6 Å². The molecule has 5 nitrogen and oxygen atoms in total. The third kappa shape index (κ3) is 8.04. The summed E-state index contributed by atoms with van der Waals surface area (Å²) in [5, 5.41) is 11.4. The van der Waals surface area contributed by atoms with Crippen molar-refractivity contribution in [3.8, 4) is 0 Å². The zero-order chi connectivity index (χ0) is 27.7. The molecule has 2 aromatic rings. The van der Waals surface area contributed by atoms with Crippen LogP contribution in [0, 0.1) is 18.7 Å². The van der Waals surface area contributed by atoms with Gasteiger partial charge in [0, 0.05) is 18.0 Å². The zero-order valence-electron chi connectivity index (χ0n) is 22.9. The number of ether oxygens (including phenoxy) is 1. The Morgan fingerprint density at radius 1 is 1.08 bits per heavy atom. The Hall–Kier alpha value is -3.41.